The fourth-order valence-corrected chi connectivity index (χ4v) is 2.37. The monoisotopic (exact) mass is 339 g/mol. The number of halogens is 3. The van der Waals surface area contributed by atoms with Crippen LogP contribution in [0.2, 0.25) is 10.0 Å². The number of nitrogens with zero attached hydrogens (tertiary/aromatic N) is 3. The van der Waals surface area contributed by atoms with Crippen LogP contribution in [0.15, 0.2) is 46.6 Å². The molecule has 0 aliphatic carbocycles. The van der Waals surface area contributed by atoms with Crippen LogP contribution in [0.3, 0.4) is 0 Å². The zero-order valence-corrected chi connectivity index (χ0v) is 13.9. The second-order valence-electron chi connectivity index (χ2n) is 4.61. The second kappa shape index (κ2) is 7.56. The Kier molecular flexibility index (Phi) is 5.75. The number of hydrogen-bond acceptors (Lipinski definition) is 3. The van der Waals surface area contributed by atoms with Crippen LogP contribution >= 0.6 is 23.2 Å². The van der Waals surface area contributed by atoms with Gasteiger partial charge in [0.25, 0.3) is 0 Å². The Bertz CT molecular complexity index is 668. The zero-order chi connectivity index (χ0) is 16.1. The van der Waals surface area contributed by atoms with Crippen molar-refractivity contribution >= 4 is 40.3 Å². The van der Waals surface area contributed by atoms with Crippen LogP contribution in [0.25, 0.3) is 0 Å². The largest absolute Gasteiger partial charge is 0.372 e. The van der Waals surface area contributed by atoms with E-state index in [4.69, 9.17) is 23.2 Å². The highest BCUT2D eigenvalue weighted by Crippen LogP contribution is 2.32. The normalized spacial score (nSPS) is 11.1. The van der Waals surface area contributed by atoms with Gasteiger partial charge in [-0.05, 0) is 50.2 Å². The summed E-state index contributed by atoms with van der Waals surface area (Å²) >= 11 is 11.6. The molecule has 22 heavy (non-hydrogen) atoms. The van der Waals surface area contributed by atoms with Crippen LogP contribution in [0.5, 0.6) is 0 Å². The molecule has 0 aromatic heterocycles. The van der Waals surface area contributed by atoms with Crippen molar-refractivity contribution in [1.82, 2.24) is 0 Å². The molecule has 116 valence electrons. The van der Waals surface area contributed by atoms with Crippen molar-refractivity contribution in [3.05, 3.63) is 52.3 Å². The lowest BCUT2D eigenvalue weighted by molar-refractivity contribution is 0.628. The topological polar surface area (TPSA) is 28.0 Å². The van der Waals surface area contributed by atoms with Gasteiger partial charge in [-0.1, -0.05) is 23.2 Å². The first-order chi connectivity index (χ1) is 10.5. The lowest BCUT2D eigenvalue weighted by Gasteiger charge is -2.20. The summed E-state index contributed by atoms with van der Waals surface area (Å²) in [4.78, 5) is 2.23. The molecule has 3 nitrogen and oxygen atoms in total. The maximum Gasteiger partial charge on any atom is 0.143 e. The lowest BCUT2D eigenvalue weighted by Crippen LogP contribution is -2.21. The third kappa shape index (κ3) is 3.96. The molecule has 0 radical (unpaired) electrons. The van der Waals surface area contributed by atoms with Crippen LogP contribution in [0.1, 0.15) is 13.8 Å². The van der Waals surface area contributed by atoms with Crippen LogP contribution in [0, 0.1) is 5.82 Å². The SMILES string of the molecule is CCN(CC)c1ccc(N=Nc2cc(Cl)c(F)cc2Cl)cc1. The van der Waals surface area contributed by atoms with Gasteiger partial charge in [-0.25, -0.2) is 4.39 Å². The number of anilines is 1. The first kappa shape index (κ1) is 16.7. The minimum Gasteiger partial charge on any atom is -0.372 e. The lowest BCUT2D eigenvalue weighted by atomic mass is 10.2. The van der Waals surface area contributed by atoms with Crippen LogP contribution in [-0.2, 0) is 0 Å². The van der Waals surface area contributed by atoms with Crippen molar-refractivity contribution in [2.75, 3.05) is 18.0 Å². The predicted octanol–water partition coefficient (Wildman–Crippen LogP) is 6.39. The summed E-state index contributed by atoms with van der Waals surface area (Å²) in [6.45, 7) is 6.11. The Morgan fingerprint density at radius 3 is 2.18 bits per heavy atom. The molecule has 0 saturated carbocycles. The molecular formula is C16H16Cl2FN3. The summed E-state index contributed by atoms with van der Waals surface area (Å²) in [7, 11) is 0. The molecule has 6 heteroatoms. The van der Waals surface area contributed by atoms with Gasteiger partial charge in [-0.2, -0.15) is 5.11 Å². The molecule has 0 aliphatic rings. The quantitative estimate of drug-likeness (QED) is 0.457. The van der Waals surface area contributed by atoms with Gasteiger partial charge in [0.1, 0.15) is 11.5 Å². The maximum absolute atomic E-state index is 13.2. The Hall–Kier alpha value is -1.65. The molecule has 0 fully saturated rings. The molecule has 0 N–H and O–H groups in total. The van der Waals surface area contributed by atoms with E-state index in [1.165, 1.54) is 6.07 Å². The second-order valence-corrected chi connectivity index (χ2v) is 5.42. The third-order valence-corrected chi connectivity index (χ3v) is 3.83. The Morgan fingerprint density at radius 2 is 1.59 bits per heavy atom. The van der Waals surface area contributed by atoms with E-state index < -0.39 is 5.82 Å². The van der Waals surface area contributed by atoms with Gasteiger partial charge >= 0.3 is 0 Å². The van der Waals surface area contributed by atoms with E-state index >= 15 is 0 Å². The van der Waals surface area contributed by atoms with Crippen LogP contribution < -0.4 is 4.90 Å². The summed E-state index contributed by atoms with van der Waals surface area (Å²) in [5.74, 6) is -0.575. The summed E-state index contributed by atoms with van der Waals surface area (Å²) in [6.07, 6.45) is 0. The van der Waals surface area contributed by atoms with Crippen molar-refractivity contribution < 1.29 is 4.39 Å². The van der Waals surface area contributed by atoms with Gasteiger partial charge in [-0.15, -0.1) is 5.11 Å². The van der Waals surface area contributed by atoms with E-state index in [9.17, 15) is 4.39 Å². The molecular weight excluding hydrogens is 324 g/mol. The van der Waals surface area contributed by atoms with Crippen molar-refractivity contribution in [2.24, 2.45) is 10.2 Å². The Balaban J connectivity index is 2.19. The van der Waals surface area contributed by atoms with Gasteiger partial charge in [-0.3, -0.25) is 0 Å². The van der Waals surface area contributed by atoms with Crippen molar-refractivity contribution in [2.45, 2.75) is 13.8 Å². The smallest absolute Gasteiger partial charge is 0.143 e. The van der Waals surface area contributed by atoms with Crippen molar-refractivity contribution in [3.63, 3.8) is 0 Å². The minimum absolute atomic E-state index is 0.0322. The number of rotatable bonds is 5. The van der Waals surface area contributed by atoms with E-state index in [1.54, 1.807) is 0 Å². The zero-order valence-electron chi connectivity index (χ0n) is 12.4. The summed E-state index contributed by atoms with van der Waals surface area (Å²) in [5.41, 5.74) is 2.15. The molecule has 2 aromatic rings. The van der Waals surface area contributed by atoms with Crippen molar-refractivity contribution in [3.8, 4) is 0 Å². The average Bonchev–Trinajstić information content (AvgIpc) is 2.52. The molecule has 0 heterocycles. The highest BCUT2D eigenvalue weighted by Gasteiger charge is 2.06. The summed E-state index contributed by atoms with van der Waals surface area (Å²) < 4.78 is 13.2. The molecule has 0 amide bonds. The Labute approximate surface area is 139 Å². The average molecular weight is 340 g/mol. The fraction of sp³-hybridized carbons (Fsp3) is 0.250. The van der Waals surface area contributed by atoms with Gasteiger partial charge in [0.05, 0.1) is 15.7 Å². The Morgan fingerprint density at radius 1 is 0.955 bits per heavy atom. The molecule has 0 unspecified atom stereocenters. The standard InChI is InChI=1S/C16H16Cl2FN3/c1-3-22(4-2)12-7-5-11(6-8-12)20-21-16-10-13(17)15(19)9-14(16)18/h5-10H,3-4H2,1-2H3. The molecule has 0 saturated heterocycles. The van der Waals surface area contributed by atoms with E-state index in [2.05, 4.69) is 29.0 Å². The van der Waals surface area contributed by atoms with E-state index in [-0.39, 0.29) is 10.0 Å². The number of azo groups is 1. The predicted molar refractivity (Wildman–Crippen MR) is 90.6 cm³/mol. The van der Waals surface area contributed by atoms with E-state index in [0.29, 0.717) is 11.4 Å². The highest BCUT2D eigenvalue weighted by atomic mass is 35.5. The molecule has 2 aromatic carbocycles. The first-order valence-corrected chi connectivity index (χ1v) is 7.72. The minimum atomic E-state index is -0.575. The summed E-state index contributed by atoms with van der Waals surface area (Å²) in [6, 6.07) is 10.2. The van der Waals surface area contributed by atoms with Crippen LogP contribution in [-0.4, -0.2) is 13.1 Å². The van der Waals surface area contributed by atoms with Gasteiger partial charge in [0.2, 0.25) is 0 Å². The van der Waals surface area contributed by atoms with E-state index in [1.807, 2.05) is 24.3 Å². The molecule has 0 aliphatic heterocycles. The van der Waals surface area contributed by atoms with Gasteiger partial charge < -0.3 is 4.90 Å². The molecule has 0 bridgehead atoms. The molecule has 2 rings (SSSR count). The number of benzene rings is 2. The first-order valence-electron chi connectivity index (χ1n) is 6.96. The number of hydrogen-bond donors (Lipinski definition) is 0. The van der Waals surface area contributed by atoms with E-state index in [0.717, 1.165) is 24.8 Å². The fourth-order valence-electron chi connectivity index (χ4n) is 2.02. The summed E-state index contributed by atoms with van der Waals surface area (Å²) in [5, 5.41) is 8.26. The highest BCUT2D eigenvalue weighted by molar-refractivity contribution is 6.35. The third-order valence-electron chi connectivity index (χ3n) is 3.24. The van der Waals surface area contributed by atoms with Crippen molar-refractivity contribution in [1.29, 1.82) is 0 Å². The molecule has 0 spiro atoms. The maximum atomic E-state index is 13.2. The van der Waals surface area contributed by atoms with Crippen LogP contribution in [0.4, 0.5) is 21.5 Å². The van der Waals surface area contributed by atoms with Gasteiger partial charge in [0, 0.05) is 18.8 Å². The molecule has 0 atom stereocenters. The van der Waals surface area contributed by atoms with Gasteiger partial charge in [0.15, 0.2) is 0 Å².